The highest BCUT2D eigenvalue weighted by Crippen LogP contribution is 2.29. The third-order valence-corrected chi connectivity index (χ3v) is 3.90. The Kier molecular flexibility index (Phi) is 4.74. The first kappa shape index (κ1) is 14.2. The summed E-state index contributed by atoms with van der Waals surface area (Å²) < 4.78 is 5.36. The van der Waals surface area contributed by atoms with Gasteiger partial charge in [0.2, 0.25) is 0 Å². The predicted molar refractivity (Wildman–Crippen MR) is 73.7 cm³/mol. The number of ether oxygens (including phenoxy) is 1. The van der Waals surface area contributed by atoms with Crippen LogP contribution in [-0.2, 0) is 6.54 Å². The number of piperidine rings is 1. The van der Waals surface area contributed by atoms with Gasteiger partial charge in [0.25, 0.3) is 0 Å². The maximum Gasteiger partial charge on any atom is 0.126 e. The number of methoxy groups -OCH3 is 1. The van der Waals surface area contributed by atoms with E-state index in [2.05, 4.69) is 9.88 Å². The van der Waals surface area contributed by atoms with Crippen LogP contribution in [0.2, 0.25) is 0 Å². The minimum Gasteiger partial charge on any atom is -0.496 e. The number of hydrogen-bond donors (Lipinski definition) is 2. The Balaban J connectivity index is 2.15. The van der Waals surface area contributed by atoms with Gasteiger partial charge in [0, 0.05) is 44.1 Å². The fourth-order valence-electron chi connectivity index (χ4n) is 2.77. The zero-order chi connectivity index (χ0) is 13.7. The lowest BCUT2D eigenvalue weighted by Gasteiger charge is -2.44. The SMILES string of the molecule is COc1ccncc1CN1CCCCC1(N)CCO. The smallest absolute Gasteiger partial charge is 0.126 e. The molecule has 0 aliphatic carbocycles. The molecule has 0 bridgehead atoms. The van der Waals surface area contributed by atoms with E-state index in [1.807, 2.05) is 12.3 Å². The molecule has 2 heterocycles. The molecule has 19 heavy (non-hydrogen) atoms. The number of hydrogen-bond acceptors (Lipinski definition) is 5. The summed E-state index contributed by atoms with van der Waals surface area (Å²) in [5.74, 6) is 0.840. The van der Waals surface area contributed by atoms with E-state index in [9.17, 15) is 5.11 Å². The van der Waals surface area contributed by atoms with Crippen molar-refractivity contribution >= 4 is 0 Å². The average molecular weight is 265 g/mol. The molecule has 1 fully saturated rings. The molecule has 1 aliphatic heterocycles. The Morgan fingerprint density at radius 3 is 3.11 bits per heavy atom. The zero-order valence-corrected chi connectivity index (χ0v) is 11.5. The predicted octanol–water partition coefficient (Wildman–Crippen LogP) is 1.11. The van der Waals surface area contributed by atoms with Crippen LogP contribution in [0.4, 0.5) is 0 Å². The molecular weight excluding hydrogens is 242 g/mol. The Bertz CT molecular complexity index is 409. The summed E-state index contributed by atoms with van der Waals surface area (Å²) in [4.78, 5) is 6.40. The van der Waals surface area contributed by atoms with E-state index in [4.69, 9.17) is 10.5 Å². The minimum atomic E-state index is -0.409. The van der Waals surface area contributed by atoms with Crippen molar-refractivity contribution in [3.8, 4) is 5.75 Å². The van der Waals surface area contributed by atoms with Gasteiger partial charge in [-0.1, -0.05) is 0 Å². The van der Waals surface area contributed by atoms with Gasteiger partial charge in [0.1, 0.15) is 5.75 Å². The fourth-order valence-corrected chi connectivity index (χ4v) is 2.77. The van der Waals surface area contributed by atoms with Gasteiger partial charge in [-0.3, -0.25) is 9.88 Å². The van der Waals surface area contributed by atoms with E-state index in [0.717, 1.165) is 37.1 Å². The van der Waals surface area contributed by atoms with Crippen molar-refractivity contribution in [1.29, 1.82) is 0 Å². The fraction of sp³-hybridized carbons (Fsp3) is 0.643. The van der Waals surface area contributed by atoms with Crippen molar-refractivity contribution in [3.05, 3.63) is 24.0 Å². The van der Waals surface area contributed by atoms with Crippen molar-refractivity contribution in [2.75, 3.05) is 20.3 Å². The molecule has 1 aliphatic rings. The number of aliphatic hydroxyl groups excluding tert-OH is 1. The van der Waals surface area contributed by atoms with Crippen LogP contribution in [0, 0.1) is 0 Å². The lowest BCUT2D eigenvalue weighted by Crippen LogP contribution is -2.58. The molecule has 1 aromatic rings. The van der Waals surface area contributed by atoms with Crippen LogP contribution in [0.15, 0.2) is 18.5 Å². The molecule has 3 N–H and O–H groups in total. The number of aromatic nitrogens is 1. The summed E-state index contributed by atoms with van der Waals surface area (Å²) in [7, 11) is 1.67. The summed E-state index contributed by atoms with van der Waals surface area (Å²) in [6.45, 7) is 1.79. The van der Waals surface area contributed by atoms with Gasteiger partial charge < -0.3 is 15.6 Å². The monoisotopic (exact) mass is 265 g/mol. The van der Waals surface area contributed by atoms with Gasteiger partial charge in [-0.25, -0.2) is 0 Å². The van der Waals surface area contributed by atoms with Gasteiger partial charge in [-0.05, 0) is 25.3 Å². The van der Waals surface area contributed by atoms with Crippen molar-refractivity contribution in [2.45, 2.75) is 37.9 Å². The molecule has 106 valence electrons. The van der Waals surface area contributed by atoms with Crippen molar-refractivity contribution in [1.82, 2.24) is 9.88 Å². The van der Waals surface area contributed by atoms with Crippen LogP contribution in [0.25, 0.3) is 0 Å². The molecule has 5 heteroatoms. The first-order valence-corrected chi connectivity index (χ1v) is 6.81. The molecular formula is C14H23N3O2. The molecule has 0 spiro atoms. The van der Waals surface area contributed by atoms with E-state index in [1.165, 1.54) is 0 Å². The summed E-state index contributed by atoms with van der Waals surface area (Å²) >= 11 is 0. The summed E-state index contributed by atoms with van der Waals surface area (Å²) in [5.41, 5.74) is 7.09. The Labute approximate surface area is 114 Å². The second kappa shape index (κ2) is 6.32. The number of aliphatic hydroxyl groups is 1. The van der Waals surface area contributed by atoms with Crippen LogP contribution < -0.4 is 10.5 Å². The lowest BCUT2D eigenvalue weighted by molar-refractivity contribution is 0.0221. The van der Waals surface area contributed by atoms with Crippen LogP contribution >= 0.6 is 0 Å². The standard InChI is InChI=1S/C14H23N3O2/c1-19-13-4-7-16-10-12(13)11-17-8-3-2-5-14(17,15)6-9-18/h4,7,10,18H,2-3,5-6,8-9,11,15H2,1H3. The molecule has 1 unspecified atom stereocenters. The van der Waals surface area contributed by atoms with Crippen LogP contribution in [0.3, 0.4) is 0 Å². The zero-order valence-electron chi connectivity index (χ0n) is 11.5. The van der Waals surface area contributed by atoms with Gasteiger partial charge in [0.15, 0.2) is 0 Å². The quantitative estimate of drug-likeness (QED) is 0.834. The van der Waals surface area contributed by atoms with Crippen LogP contribution in [0.1, 0.15) is 31.2 Å². The van der Waals surface area contributed by atoms with Crippen molar-refractivity contribution in [3.63, 3.8) is 0 Å². The number of nitrogens with two attached hydrogens (primary N) is 1. The molecule has 0 saturated carbocycles. The Morgan fingerprint density at radius 2 is 2.37 bits per heavy atom. The summed E-state index contributed by atoms with van der Waals surface area (Å²) in [6, 6.07) is 1.86. The van der Waals surface area contributed by atoms with E-state index in [-0.39, 0.29) is 6.61 Å². The molecule has 1 aromatic heterocycles. The molecule has 5 nitrogen and oxygen atoms in total. The maximum absolute atomic E-state index is 9.22. The maximum atomic E-state index is 9.22. The molecule has 0 amide bonds. The van der Waals surface area contributed by atoms with Crippen LogP contribution in [0.5, 0.6) is 5.75 Å². The summed E-state index contributed by atoms with van der Waals surface area (Å²) in [6.07, 6.45) is 7.35. The molecule has 0 aromatic carbocycles. The highest BCUT2D eigenvalue weighted by molar-refractivity contribution is 5.30. The topological polar surface area (TPSA) is 71.6 Å². The van der Waals surface area contributed by atoms with Crippen molar-refractivity contribution < 1.29 is 9.84 Å². The highest BCUT2D eigenvalue weighted by Gasteiger charge is 2.34. The largest absolute Gasteiger partial charge is 0.496 e. The number of pyridine rings is 1. The second-order valence-electron chi connectivity index (χ2n) is 5.14. The van der Waals surface area contributed by atoms with Gasteiger partial charge in [0.05, 0.1) is 12.8 Å². The first-order valence-electron chi connectivity index (χ1n) is 6.81. The molecule has 1 atom stereocenters. The Hall–Kier alpha value is -1.17. The van der Waals surface area contributed by atoms with E-state index >= 15 is 0 Å². The second-order valence-corrected chi connectivity index (χ2v) is 5.14. The average Bonchev–Trinajstić information content (AvgIpc) is 2.42. The van der Waals surface area contributed by atoms with Gasteiger partial charge >= 0.3 is 0 Å². The van der Waals surface area contributed by atoms with Gasteiger partial charge in [-0.2, -0.15) is 0 Å². The van der Waals surface area contributed by atoms with Crippen molar-refractivity contribution in [2.24, 2.45) is 5.73 Å². The third kappa shape index (κ3) is 3.23. The number of likely N-dealkylation sites (tertiary alicyclic amines) is 1. The molecule has 1 saturated heterocycles. The summed E-state index contributed by atoms with van der Waals surface area (Å²) in [5, 5.41) is 9.22. The van der Waals surface area contributed by atoms with E-state index in [1.54, 1.807) is 13.3 Å². The molecule has 0 radical (unpaired) electrons. The third-order valence-electron chi connectivity index (χ3n) is 3.90. The normalized spacial score (nSPS) is 24.4. The van der Waals surface area contributed by atoms with E-state index < -0.39 is 5.66 Å². The van der Waals surface area contributed by atoms with E-state index in [0.29, 0.717) is 13.0 Å². The van der Waals surface area contributed by atoms with Gasteiger partial charge in [-0.15, -0.1) is 0 Å². The number of nitrogens with zero attached hydrogens (tertiary/aromatic N) is 2. The van der Waals surface area contributed by atoms with Crippen LogP contribution in [-0.4, -0.2) is 40.9 Å². The first-order chi connectivity index (χ1) is 9.19. The highest BCUT2D eigenvalue weighted by atomic mass is 16.5. The minimum absolute atomic E-state index is 0.122. The Morgan fingerprint density at radius 1 is 1.53 bits per heavy atom. The molecule has 2 rings (SSSR count). The number of rotatable bonds is 5. The lowest BCUT2D eigenvalue weighted by atomic mass is 9.92.